The predicted octanol–water partition coefficient (Wildman–Crippen LogP) is 14.0. The molecule has 0 aliphatic carbocycles. The van der Waals surface area contributed by atoms with Crippen molar-refractivity contribution in [2.45, 2.75) is 213 Å². The van der Waals surface area contributed by atoms with E-state index in [0.717, 1.165) is 32.2 Å². The summed E-state index contributed by atoms with van der Waals surface area (Å²) in [6.07, 6.45) is 50.1. The number of nitrogens with zero attached hydrogens (tertiary/aromatic N) is 1. The summed E-state index contributed by atoms with van der Waals surface area (Å²) in [5.41, 5.74) is 0. The number of carbonyl (C=O) groups is 1. The van der Waals surface area contributed by atoms with E-state index in [1.54, 1.807) is 0 Å². The Balaban J connectivity index is 3.95. The summed E-state index contributed by atoms with van der Waals surface area (Å²) in [6.45, 7) is 5.58. The van der Waals surface area contributed by atoms with Crippen LogP contribution in [0.2, 0.25) is 0 Å². The Morgan fingerprint density at radius 2 is 0.909 bits per heavy atom. The molecule has 1 atom stereocenters. The molecule has 44 heavy (non-hydrogen) atoms. The van der Waals surface area contributed by atoms with E-state index in [9.17, 15) is 4.79 Å². The van der Waals surface area contributed by atoms with Crippen LogP contribution in [0.25, 0.3) is 0 Å². The highest BCUT2D eigenvalue weighted by Gasteiger charge is 2.14. The zero-order valence-electron chi connectivity index (χ0n) is 30.9. The van der Waals surface area contributed by atoms with Gasteiger partial charge in [-0.2, -0.15) is 0 Å². The molecular weight excluding hydrogens is 534 g/mol. The number of carbonyl (C=O) groups excluding carboxylic acids is 1. The van der Waals surface area contributed by atoms with Gasteiger partial charge in [-0.15, -0.1) is 0 Å². The molecule has 0 fully saturated rings. The Kier molecular flexibility index (Phi) is 35.8. The maximum absolute atomic E-state index is 12.7. The molecule has 0 aliphatic rings. The lowest BCUT2D eigenvalue weighted by Crippen LogP contribution is -2.15. The van der Waals surface area contributed by atoms with Crippen molar-refractivity contribution in [3.8, 4) is 0 Å². The second kappa shape index (κ2) is 36.6. The van der Waals surface area contributed by atoms with Crippen molar-refractivity contribution in [2.24, 2.45) is 5.92 Å². The monoisotopic (exact) mass is 616 g/mol. The predicted molar refractivity (Wildman–Crippen MR) is 200 cm³/mol. The fourth-order valence-corrected chi connectivity index (χ4v) is 6.40. The second-order valence-electron chi connectivity index (χ2n) is 14.3. The fraction of sp³-hybridized carbons (Fsp3) is 0.881. The summed E-state index contributed by atoms with van der Waals surface area (Å²) in [5, 5.41) is 0. The standard InChI is InChI=1S/C42H81NO/c1-5-7-9-11-13-15-17-19-21-23-25-27-29-31-33-36-41(40-42(44)38-35-39-43(3)4)37-34-32-30-28-26-24-22-20-18-16-14-12-10-8-6-2/h11,13,17,19,41H,5-10,12,14-16,18,20-40H2,1-4H3/b13-11-,19-17-. The van der Waals surface area contributed by atoms with Gasteiger partial charge < -0.3 is 4.90 Å². The molecule has 1 unspecified atom stereocenters. The van der Waals surface area contributed by atoms with Crippen LogP contribution in [-0.2, 0) is 4.79 Å². The van der Waals surface area contributed by atoms with Gasteiger partial charge in [-0.25, -0.2) is 0 Å². The SMILES string of the molecule is CCCC/C=C\C/C=C\CCCCCCCCC(CCCCCCCCCCCCCCCCC)CC(=O)CCCN(C)C. The number of ketones is 1. The molecule has 260 valence electrons. The number of hydrogen-bond donors (Lipinski definition) is 0. The van der Waals surface area contributed by atoms with E-state index in [2.05, 4.69) is 57.1 Å². The quantitative estimate of drug-likeness (QED) is 0.0516. The molecular formula is C42H81NO. The largest absolute Gasteiger partial charge is 0.309 e. The van der Waals surface area contributed by atoms with Gasteiger partial charge in [0.2, 0.25) is 0 Å². The van der Waals surface area contributed by atoms with Gasteiger partial charge in [0.05, 0.1) is 0 Å². The lowest BCUT2D eigenvalue weighted by molar-refractivity contribution is -0.120. The Bertz CT molecular complexity index is 621. The first-order chi connectivity index (χ1) is 21.6. The van der Waals surface area contributed by atoms with Crippen LogP contribution in [0.5, 0.6) is 0 Å². The average molecular weight is 616 g/mol. The van der Waals surface area contributed by atoms with Crippen LogP contribution in [0, 0.1) is 5.92 Å². The molecule has 0 bridgehead atoms. The summed E-state index contributed by atoms with van der Waals surface area (Å²) in [6, 6.07) is 0. The van der Waals surface area contributed by atoms with Crippen molar-refractivity contribution in [3.05, 3.63) is 24.3 Å². The highest BCUT2D eigenvalue weighted by molar-refractivity contribution is 5.78. The molecule has 0 N–H and O–H groups in total. The first-order valence-corrected chi connectivity index (χ1v) is 20.1. The van der Waals surface area contributed by atoms with Crippen molar-refractivity contribution in [1.82, 2.24) is 4.90 Å². The second-order valence-corrected chi connectivity index (χ2v) is 14.3. The molecule has 2 nitrogen and oxygen atoms in total. The van der Waals surface area contributed by atoms with Crippen molar-refractivity contribution in [3.63, 3.8) is 0 Å². The number of unbranched alkanes of at least 4 members (excludes halogenated alkanes) is 22. The Labute approximate surface area is 278 Å². The van der Waals surface area contributed by atoms with Gasteiger partial charge in [0.25, 0.3) is 0 Å². The fourth-order valence-electron chi connectivity index (χ4n) is 6.40. The summed E-state index contributed by atoms with van der Waals surface area (Å²) in [5.74, 6) is 1.15. The van der Waals surface area contributed by atoms with E-state index in [1.165, 1.54) is 173 Å². The van der Waals surface area contributed by atoms with E-state index in [1.807, 2.05) is 0 Å². The van der Waals surface area contributed by atoms with Crippen molar-refractivity contribution < 1.29 is 4.79 Å². The van der Waals surface area contributed by atoms with Crippen LogP contribution < -0.4 is 0 Å². The summed E-state index contributed by atoms with van der Waals surface area (Å²) in [7, 11) is 4.21. The molecule has 0 aromatic rings. The van der Waals surface area contributed by atoms with Crippen LogP contribution in [0.15, 0.2) is 24.3 Å². The van der Waals surface area contributed by atoms with Gasteiger partial charge >= 0.3 is 0 Å². The first-order valence-electron chi connectivity index (χ1n) is 20.1. The number of allylic oxidation sites excluding steroid dienone is 4. The lowest BCUT2D eigenvalue weighted by Gasteiger charge is -2.17. The van der Waals surface area contributed by atoms with E-state index < -0.39 is 0 Å². The average Bonchev–Trinajstić information content (AvgIpc) is 3.00. The molecule has 0 aliphatic heterocycles. The third-order valence-corrected chi connectivity index (χ3v) is 9.36. The molecule has 0 aromatic heterocycles. The number of Topliss-reactive ketones (excluding diaryl/α,β-unsaturated/α-hetero) is 1. The Hall–Kier alpha value is -0.890. The van der Waals surface area contributed by atoms with Crippen molar-refractivity contribution >= 4 is 5.78 Å². The van der Waals surface area contributed by atoms with Crippen LogP contribution >= 0.6 is 0 Å². The molecule has 0 saturated heterocycles. The molecule has 0 aromatic carbocycles. The third kappa shape index (κ3) is 35.6. The van der Waals surface area contributed by atoms with Gasteiger partial charge in [-0.05, 0) is 58.7 Å². The van der Waals surface area contributed by atoms with E-state index >= 15 is 0 Å². The Morgan fingerprint density at radius 3 is 1.36 bits per heavy atom. The van der Waals surface area contributed by atoms with Crippen LogP contribution in [0.3, 0.4) is 0 Å². The smallest absolute Gasteiger partial charge is 0.133 e. The minimum absolute atomic E-state index is 0.516. The Morgan fingerprint density at radius 1 is 0.500 bits per heavy atom. The van der Waals surface area contributed by atoms with Gasteiger partial charge in [0.1, 0.15) is 5.78 Å². The molecule has 2 heteroatoms. The highest BCUT2D eigenvalue weighted by Crippen LogP contribution is 2.23. The van der Waals surface area contributed by atoms with Gasteiger partial charge in [-0.3, -0.25) is 4.79 Å². The molecule has 0 heterocycles. The van der Waals surface area contributed by atoms with Gasteiger partial charge in [-0.1, -0.05) is 192 Å². The maximum Gasteiger partial charge on any atom is 0.133 e. The highest BCUT2D eigenvalue weighted by atomic mass is 16.1. The maximum atomic E-state index is 12.7. The zero-order chi connectivity index (χ0) is 32.2. The minimum atomic E-state index is 0.516. The van der Waals surface area contributed by atoms with E-state index in [-0.39, 0.29) is 0 Å². The van der Waals surface area contributed by atoms with Gasteiger partial charge in [0.15, 0.2) is 0 Å². The molecule has 0 amide bonds. The summed E-state index contributed by atoms with van der Waals surface area (Å²) in [4.78, 5) is 14.9. The summed E-state index contributed by atoms with van der Waals surface area (Å²) >= 11 is 0. The lowest BCUT2D eigenvalue weighted by atomic mass is 9.89. The normalized spacial score (nSPS) is 12.8. The molecule has 0 saturated carbocycles. The summed E-state index contributed by atoms with van der Waals surface area (Å²) < 4.78 is 0. The number of rotatable bonds is 36. The topological polar surface area (TPSA) is 20.3 Å². The van der Waals surface area contributed by atoms with E-state index in [0.29, 0.717) is 11.7 Å². The van der Waals surface area contributed by atoms with Crippen LogP contribution in [-0.4, -0.2) is 31.3 Å². The van der Waals surface area contributed by atoms with Crippen molar-refractivity contribution in [1.29, 1.82) is 0 Å². The van der Waals surface area contributed by atoms with E-state index in [4.69, 9.17) is 0 Å². The first kappa shape index (κ1) is 43.1. The van der Waals surface area contributed by atoms with Gasteiger partial charge in [0, 0.05) is 12.8 Å². The number of hydrogen-bond acceptors (Lipinski definition) is 2. The molecule has 0 rings (SSSR count). The van der Waals surface area contributed by atoms with Crippen LogP contribution in [0.4, 0.5) is 0 Å². The van der Waals surface area contributed by atoms with Crippen molar-refractivity contribution in [2.75, 3.05) is 20.6 Å². The molecule has 0 radical (unpaired) electrons. The zero-order valence-corrected chi connectivity index (χ0v) is 30.9. The molecule has 0 spiro atoms. The third-order valence-electron chi connectivity index (χ3n) is 9.36. The minimum Gasteiger partial charge on any atom is -0.309 e. The van der Waals surface area contributed by atoms with Crippen LogP contribution in [0.1, 0.15) is 213 Å².